The predicted molar refractivity (Wildman–Crippen MR) is 143 cm³/mol. The molecule has 0 saturated carbocycles. The van der Waals surface area contributed by atoms with Crippen molar-refractivity contribution in [3.05, 3.63) is 81.2 Å². The van der Waals surface area contributed by atoms with Crippen LogP contribution < -0.4 is 10.5 Å². The third-order valence-electron chi connectivity index (χ3n) is 7.86. The maximum atomic E-state index is 14.5. The van der Waals surface area contributed by atoms with Gasteiger partial charge in [-0.15, -0.1) is 5.10 Å². The molecule has 0 radical (unpaired) electrons. The number of pyridine rings is 1. The first-order chi connectivity index (χ1) is 18.5. The molecule has 4 heterocycles. The lowest BCUT2D eigenvalue weighted by atomic mass is 10.00. The lowest BCUT2D eigenvalue weighted by molar-refractivity contribution is 0.0906. The molecule has 198 valence electrons. The largest absolute Gasteiger partial charge is 0.376 e. The van der Waals surface area contributed by atoms with Crippen LogP contribution in [0.4, 0.5) is 10.1 Å². The molecule has 2 aliphatic rings. The first-order valence-electron chi connectivity index (χ1n) is 13.2. The van der Waals surface area contributed by atoms with Gasteiger partial charge >= 0.3 is 0 Å². The van der Waals surface area contributed by atoms with E-state index in [4.69, 9.17) is 4.74 Å². The highest BCUT2D eigenvalue weighted by atomic mass is 19.1. The summed E-state index contributed by atoms with van der Waals surface area (Å²) in [6.45, 7) is 7.87. The van der Waals surface area contributed by atoms with Crippen molar-refractivity contribution >= 4 is 16.6 Å². The van der Waals surface area contributed by atoms with Gasteiger partial charge in [0.2, 0.25) is 0 Å². The molecule has 38 heavy (non-hydrogen) atoms. The molecule has 0 bridgehead atoms. The van der Waals surface area contributed by atoms with Crippen molar-refractivity contribution in [2.24, 2.45) is 0 Å². The molecule has 2 fully saturated rings. The van der Waals surface area contributed by atoms with Crippen LogP contribution in [0.5, 0.6) is 0 Å². The van der Waals surface area contributed by atoms with Gasteiger partial charge < -0.3 is 14.6 Å². The van der Waals surface area contributed by atoms with E-state index in [0.717, 1.165) is 41.5 Å². The van der Waals surface area contributed by atoms with Crippen molar-refractivity contribution in [2.75, 3.05) is 37.7 Å². The molecular formula is C28H32FN7O2. The van der Waals surface area contributed by atoms with Crippen molar-refractivity contribution in [3.8, 4) is 0 Å². The standard InChI is InChI=1S/C28H32FN7O2/c1-18-14-20-16-22(28(37)30-24(20)15-19(18)2)26(27-31-32-33-36(27)17-21-6-5-13-38-21)35-11-9-34(10-12-35)25-8-4-3-7-23(25)29/h3-4,7-8,14-16,21,26H,5-6,9-13,17H2,1-2H3,(H,30,37)/t21-,26+/m0/s1. The SMILES string of the molecule is Cc1cc2cc([C@H](c3nnnn3C[C@@H]3CCCO3)N3CCN(c4ccccc4F)CC3)c(=O)[nH]c2cc1C. The van der Waals surface area contributed by atoms with Crippen molar-refractivity contribution < 1.29 is 9.13 Å². The molecule has 9 nitrogen and oxygen atoms in total. The van der Waals surface area contributed by atoms with E-state index < -0.39 is 6.04 Å². The number of hydrogen-bond donors (Lipinski definition) is 1. The molecule has 2 aromatic heterocycles. The van der Waals surface area contributed by atoms with Gasteiger partial charge in [0.1, 0.15) is 11.9 Å². The second-order valence-electron chi connectivity index (χ2n) is 10.3. The molecule has 1 N–H and O–H groups in total. The Morgan fingerprint density at radius 2 is 1.89 bits per heavy atom. The van der Waals surface area contributed by atoms with Gasteiger partial charge in [-0.1, -0.05) is 12.1 Å². The minimum atomic E-state index is -0.455. The van der Waals surface area contributed by atoms with Gasteiger partial charge in [-0.25, -0.2) is 9.07 Å². The van der Waals surface area contributed by atoms with E-state index >= 15 is 0 Å². The summed E-state index contributed by atoms with van der Waals surface area (Å²) in [6, 6.07) is 12.5. The lowest BCUT2D eigenvalue weighted by Crippen LogP contribution is -2.49. The van der Waals surface area contributed by atoms with E-state index in [-0.39, 0.29) is 17.5 Å². The number of ether oxygens (including phenoxy) is 1. The number of rotatable bonds is 6. The highest BCUT2D eigenvalue weighted by molar-refractivity contribution is 5.81. The number of aromatic amines is 1. The Bertz CT molecular complexity index is 1500. The minimum absolute atomic E-state index is 0.0521. The molecule has 2 atom stereocenters. The Hall–Kier alpha value is -3.63. The number of benzene rings is 2. The number of nitrogens with zero attached hydrogens (tertiary/aromatic N) is 6. The number of piperazine rings is 1. The van der Waals surface area contributed by atoms with Crippen LogP contribution in [0.2, 0.25) is 0 Å². The zero-order valence-electron chi connectivity index (χ0n) is 21.7. The van der Waals surface area contributed by atoms with Gasteiger partial charge in [0.05, 0.1) is 18.3 Å². The molecule has 0 unspecified atom stereocenters. The van der Waals surface area contributed by atoms with Gasteiger partial charge in [0.25, 0.3) is 5.56 Å². The fourth-order valence-corrected chi connectivity index (χ4v) is 5.64. The van der Waals surface area contributed by atoms with E-state index in [0.29, 0.717) is 49.8 Å². The molecule has 2 aromatic carbocycles. The van der Waals surface area contributed by atoms with Gasteiger partial charge in [-0.2, -0.15) is 0 Å². The molecule has 0 amide bonds. The van der Waals surface area contributed by atoms with Crippen LogP contribution in [0.1, 0.15) is 41.4 Å². The Morgan fingerprint density at radius 3 is 2.66 bits per heavy atom. The second kappa shape index (κ2) is 10.3. The summed E-state index contributed by atoms with van der Waals surface area (Å²) in [5.41, 5.74) is 4.14. The quantitative estimate of drug-likeness (QED) is 0.419. The predicted octanol–water partition coefficient (Wildman–Crippen LogP) is 3.36. The summed E-state index contributed by atoms with van der Waals surface area (Å²) in [5.74, 6) is 0.392. The Labute approximate surface area is 220 Å². The van der Waals surface area contributed by atoms with Crippen LogP contribution in [0.3, 0.4) is 0 Å². The van der Waals surface area contributed by atoms with E-state index in [9.17, 15) is 9.18 Å². The van der Waals surface area contributed by atoms with Gasteiger partial charge in [-0.3, -0.25) is 9.69 Å². The number of para-hydroxylation sites is 1. The number of hydrogen-bond acceptors (Lipinski definition) is 7. The summed E-state index contributed by atoms with van der Waals surface area (Å²) in [5, 5.41) is 13.7. The smallest absolute Gasteiger partial charge is 0.253 e. The number of aryl methyl sites for hydroxylation is 2. The van der Waals surface area contributed by atoms with Crippen molar-refractivity contribution in [3.63, 3.8) is 0 Å². The monoisotopic (exact) mass is 517 g/mol. The topological polar surface area (TPSA) is 92.2 Å². The number of H-pyrrole nitrogens is 1. The third kappa shape index (κ3) is 4.69. The molecule has 2 saturated heterocycles. The maximum absolute atomic E-state index is 14.5. The zero-order chi connectivity index (χ0) is 26.2. The van der Waals surface area contributed by atoms with Crippen LogP contribution in [0.15, 0.2) is 47.3 Å². The average molecular weight is 518 g/mol. The number of tetrazole rings is 1. The van der Waals surface area contributed by atoms with E-state index in [1.807, 2.05) is 31.2 Å². The fourth-order valence-electron chi connectivity index (χ4n) is 5.64. The summed E-state index contributed by atoms with van der Waals surface area (Å²) < 4.78 is 22.1. The van der Waals surface area contributed by atoms with E-state index in [2.05, 4.69) is 43.3 Å². The maximum Gasteiger partial charge on any atom is 0.253 e. The van der Waals surface area contributed by atoms with Crippen molar-refractivity contribution in [2.45, 2.75) is 45.4 Å². The van der Waals surface area contributed by atoms with Crippen molar-refractivity contribution in [1.29, 1.82) is 0 Å². The Kier molecular flexibility index (Phi) is 6.67. The Balaban J connectivity index is 1.38. The van der Waals surface area contributed by atoms with Crippen LogP contribution >= 0.6 is 0 Å². The molecule has 4 aromatic rings. The first-order valence-corrected chi connectivity index (χ1v) is 13.2. The number of nitrogens with one attached hydrogen (secondary N) is 1. The molecular weight excluding hydrogens is 485 g/mol. The van der Waals surface area contributed by atoms with Crippen molar-refractivity contribution in [1.82, 2.24) is 30.1 Å². The van der Waals surface area contributed by atoms with Gasteiger partial charge in [-0.05, 0) is 84.0 Å². The summed E-state index contributed by atoms with van der Waals surface area (Å²) in [4.78, 5) is 20.9. The summed E-state index contributed by atoms with van der Waals surface area (Å²) in [7, 11) is 0. The molecule has 2 aliphatic heterocycles. The first kappa shape index (κ1) is 24.7. The van der Waals surface area contributed by atoms with E-state index in [1.165, 1.54) is 6.07 Å². The lowest BCUT2D eigenvalue weighted by Gasteiger charge is -2.39. The minimum Gasteiger partial charge on any atom is -0.376 e. The second-order valence-corrected chi connectivity index (χ2v) is 10.3. The van der Waals surface area contributed by atoms with Crippen LogP contribution in [0, 0.1) is 19.7 Å². The van der Waals surface area contributed by atoms with Crippen LogP contribution in [-0.4, -0.2) is 69.0 Å². The summed E-state index contributed by atoms with van der Waals surface area (Å²) in [6.07, 6.45) is 2.03. The molecule has 0 spiro atoms. The molecule has 10 heteroatoms. The third-order valence-corrected chi connectivity index (χ3v) is 7.86. The normalized spacial score (nSPS) is 19.3. The fraction of sp³-hybridized carbons (Fsp3) is 0.429. The highest BCUT2D eigenvalue weighted by Gasteiger charge is 2.34. The average Bonchev–Trinajstić information content (AvgIpc) is 3.60. The van der Waals surface area contributed by atoms with E-state index in [1.54, 1.807) is 10.7 Å². The zero-order valence-corrected chi connectivity index (χ0v) is 21.7. The Morgan fingerprint density at radius 1 is 1.11 bits per heavy atom. The van der Waals surface area contributed by atoms with Gasteiger partial charge in [0.15, 0.2) is 5.82 Å². The molecule has 6 rings (SSSR count). The molecule has 0 aliphatic carbocycles. The number of halogens is 1. The van der Waals surface area contributed by atoms with Gasteiger partial charge in [0, 0.05) is 43.9 Å². The van der Waals surface area contributed by atoms with Crippen LogP contribution in [-0.2, 0) is 11.3 Å². The number of anilines is 1. The number of fused-ring (bicyclic) bond motifs is 1. The van der Waals surface area contributed by atoms with Crippen LogP contribution in [0.25, 0.3) is 10.9 Å². The number of aromatic nitrogens is 5. The highest BCUT2D eigenvalue weighted by Crippen LogP contribution is 2.30. The summed E-state index contributed by atoms with van der Waals surface area (Å²) >= 11 is 0.